The molecule has 5 aromatic rings. The van der Waals surface area contributed by atoms with Crippen molar-refractivity contribution in [2.45, 2.75) is 17.4 Å². The molecule has 0 fully saturated rings. The van der Waals surface area contributed by atoms with Gasteiger partial charge in [-0.25, -0.2) is 13.1 Å². The average molecular weight is 594 g/mol. The molecule has 0 saturated carbocycles. The maximum Gasteiger partial charge on any atom is 0.269 e. The number of carbonyl (C=O) groups excluding carboxylic acids is 2. The van der Waals surface area contributed by atoms with Gasteiger partial charge in [0.25, 0.3) is 15.7 Å². The zero-order chi connectivity index (χ0) is 30.4. The molecule has 2 N–H and O–H groups in total. The summed E-state index contributed by atoms with van der Waals surface area (Å²) in [7, 11) is -4.34. The first-order chi connectivity index (χ1) is 20.7. The molecule has 10 heteroatoms. The molecule has 0 heterocycles. The Balaban J connectivity index is 1.46. The number of nitrogens with one attached hydrogen (secondary N) is 2. The molecular weight excluding hydrogens is 566 g/mol. The van der Waals surface area contributed by atoms with Crippen molar-refractivity contribution in [2.24, 2.45) is 5.92 Å². The fourth-order valence-corrected chi connectivity index (χ4v) is 5.84. The van der Waals surface area contributed by atoms with Crippen LogP contribution in [0.4, 0.5) is 5.69 Å². The molecule has 0 radical (unpaired) electrons. The lowest BCUT2D eigenvalue weighted by Gasteiger charge is -2.23. The van der Waals surface area contributed by atoms with E-state index in [4.69, 9.17) is 0 Å². The minimum Gasteiger partial charge on any atom is -0.344 e. The SMILES string of the molecule is O=C(NC(c1ccccc1)c1ccccc1)C(Cc1ccc([N+](=O)[O-])cc1)C(=O)NS(=O)(=O)c1ccc2ccccc2c1. The van der Waals surface area contributed by atoms with Crippen molar-refractivity contribution in [1.29, 1.82) is 0 Å². The van der Waals surface area contributed by atoms with Crippen LogP contribution in [0.2, 0.25) is 0 Å². The number of hydrogen-bond acceptors (Lipinski definition) is 6. The number of nitro benzene ring substituents is 1. The summed E-state index contributed by atoms with van der Waals surface area (Å²) in [4.78, 5) is 37.9. The van der Waals surface area contributed by atoms with Crippen LogP contribution in [0.25, 0.3) is 10.8 Å². The minimum atomic E-state index is -4.34. The lowest BCUT2D eigenvalue weighted by molar-refractivity contribution is -0.384. The fourth-order valence-electron chi connectivity index (χ4n) is 4.78. The number of sulfonamides is 1. The van der Waals surface area contributed by atoms with E-state index >= 15 is 0 Å². The van der Waals surface area contributed by atoms with Gasteiger partial charge in [-0.3, -0.25) is 19.7 Å². The summed E-state index contributed by atoms with van der Waals surface area (Å²) in [6.45, 7) is 0. The molecule has 0 aliphatic carbocycles. The van der Waals surface area contributed by atoms with E-state index in [2.05, 4.69) is 10.0 Å². The summed E-state index contributed by atoms with van der Waals surface area (Å²) >= 11 is 0. The van der Waals surface area contributed by atoms with E-state index in [-0.39, 0.29) is 17.0 Å². The third-order valence-electron chi connectivity index (χ3n) is 7.04. The van der Waals surface area contributed by atoms with Crippen molar-refractivity contribution in [2.75, 3.05) is 0 Å². The van der Waals surface area contributed by atoms with Crippen molar-refractivity contribution in [3.8, 4) is 0 Å². The number of nitro groups is 1. The largest absolute Gasteiger partial charge is 0.344 e. The molecule has 216 valence electrons. The fraction of sp³-hybridized carbons (Fsp3) is 0.0909. The van der Waals surface area contributed by atoms with Crippen molar-refractivity contribution in [1.82, 2.24) is 10.0 Å². The van der Waals surface area contributed by atoms with Crippen molar-refractivity contribution in [3.63, 3.8) is 0 Å². The molecule has 1 atom stereocenters. The van der Waals surface area contributed by atoms with E-state index in [1.54, 1.807) is 18.2 Å². The molecule has 5 rings (SSSR count). The van der Waals surface area contributed by atoms with Gasteiger partial charge in [-0.1, -0.05) is 103 Å². The highest BCUT2D eigenvalue weighted by Crippen LogP contribution is 2.24. The number of benzene rings is 5. The number of hydrogen-bond donors (Lipinski definition) is 2. The molecule has 43 heavy (non-hydrogen) atoms. The van der Waals surface area contributed by atoms with Gasteiger partial charge in [-0.2, -0.15) is 0 Å². The molecule has 5 aromatic carbocycles. The van der Waals surface area contributed by atoms with E-state index < -0.39 is 38.7 Å². The molecule has 0 aliphatic rings. The second kappa shape index (κ2) is 12.7. The number of fused-ring (bicyclic) bond motifs is 1. The number of nitrogens with zero attached hydrogens (tertiary/aromatic N) is 1. The van der Waals surface area contributed by atoms with Gasteiger partial charge in [-0.05, 0) is 46.0 Å². The van der Waals surface area contributed by atoms with Gasteiger partial charge >= 0.3 is 0 Å². The van der Waals surface area contributed by atoms with E-state index in [1.165, 1.54) is 36.4 Å². The lowest BCUT2D eigenvalue weighted by atomic mass is 9.94. The zero-order valence-corrected chi connectivity index (χ0v) is 23.6. The smallest absolute Gasteiger partial charge is 0.269 e. The van der Waals surface area contributed by atoms with Gasteiger partial charge in [0.05, 0.1) is 15.9 Å². The zero-order valence-electron chi connectivity index (χ0n) is 22.8. The second-order valence-electron chi connectivity index (χ2n) is 9.92. The number of carbonyl (C=O) groups is 2. The number of non-ortho nitro benzene ring substituents is 1. The van der Waals surface area contributed by atoms with Crippen LogP contribution in [0, 0.1) is 16.0 Å². The highest BCUT2D eigenvalue weighted by molar-refractivity contribution is 7.90. The average Bonchev–Trinajstić information content (AvgIpc) is 3.03. The van der Waals surface area contributed by atoms with Crippen LogP contribution in [0.5, 0.6) is 0 Å². The number of rotatable bonds is 10. The highest BCUT2D eigenvalue weighted by Gasteiger charge is 2.32. The molecule has 0 bridgehead atoms. The summed E-state index contributed by atoms with van der Waals surface area (Å²) in [6, 6.07) is 34.8. The van der Waals surface area contributed by atoms with Crippen LogP contribution in [-0.2, 0) is 26.0 Å². The van der Waals surface area contributed by atoms with Crippen molar-refractivity contribution >= 4 is 38.3 Å². The molecule has 0 aromatic heterocycles. The van der Waals surface area contributed by atoms with Crippen LogP contribution >= 0.6 is 0 Å². The standard InChI is InChI=1S/C33H27N3O6S/c37-32(34-31(25-10-3-1-4-11-25)26-12-5-2-6-13-26)30(21-23-15-18-28(19-16-23)36(39)40)33(38)35-43(41,42)29-20-17-24-9-7-8-14-27(24)22-29/h1-20,22,30-31H,21H2,(H,34,37)(H,35,38). The summed E-state index contributed by atoms with van der Waals surface area (Å²) < 4.78 is 28.7. The van der Waals surface area contributed by atoms with E-state index in [1.807, 2.05) is 72.8 Å². The van der Waals surface area contributed by atoms with Crippen molar-refractivity contribution < 1.29 is 22.9 Å². The Morgan fingerprint density at radius 1 is 0.698 bits per heavy atom. The van der Waals surface area contributed by atoms with E-state index in [0.29, 0.717) is 10.9 Å². The Morgan fingerprint density at radius 3 is 1.84 bits per heavy atom. The molecule has 0 saturated heterocycles. The summed E-state index contributed by atoms with van der Waals surface area (Å²) in [6.07, 6.45) is -0.195. The third kappa shape index (κ3) is 6.94. The Hall–Kier alpha value is -5.35. The topological polar surface area (TPSA) is 135 Å². The van der Waals surface area contributed by atoms with Gasteiger partial charge in [0.15, 0.2) is 0 Å². The molecule has 1 unspecified atom stereocenters. The predicted octanol–water partition coefficient (Wildman–Crippen LogP) is 5.32. The maximum absolute atomic E-state index is 13.8. The van der Waals surface area contributed by atoms with Gasteiger partial charge < -0.3 is 5.32 Å². The third-order valence-corrected chi connectivity index (χ3v) is 8.38. The van der Waals surface area contributed by atoms with Gasteiger partial charge in [-0.15, -0.1) is 0 Å². The van der Waals surface area contributed by atoms with Crippen LogP contribution < -0.4 is 10.0 Å². The first-order valence-electron chi connectivity index (χ1n) is 13.4. The normalized spacial score (nSPS) is 12.0. The quantitative estimate of drug-likeness (QED) is 0.128. The van der Waals surface area contributed by atoms with Crippen LogP contribution in [0.1, 0.15) is 22.7 Å². The Bertz CT molecular complexity index is 1840. The van der Waals surface area contributed by atoms with Gasteiger partial charge in [0.2, 0.25) is 11.8 Å². The Labute approximate surface area is 248 Å². The summed E-state index contributed by atoms with van der Waals surface area (Å²) in [5, 5.41) is 15.6. The van der Waals surface area contributed by atoms with E-state index in [9.17, 15) is 28.1 Å². The lowest BCUT2D eigenvalue weighted by Crippen LogP contribution is -2.45. The van der Waals surface area contributed by atoms with Crippen LogP contribution in [-0.4, -0.2) is 25.2 Å². The first-order valence-corrected chi connectivity index (χ1v) is 14.9. The predicted molar refractivity (Wildman–Crippen MR) is 162 cm³/mol. The monoisotopic (exact) mass is 593 g/mol. The van der Waals surface area contributed by atoms with Crippen molar-refractivity contribution in [3.05, 3.63) is 154 Å². The summed E-state index contributed by atoms with van der Waals surface area (Å²) in [5.41, 5.74) is 1.82. The maximum atomic E-state index is 13.8. The molecule has 2 amide bonds. The van der Waals surface area contributed by atoms with Crippen LogP contribution in [0.15, 0.2) is 132 Å². The second-order valence-corrected chi connectivity index (χ2v) is 11.6. The Kier molecular flexibility index (Phi) is 8.59. The van der Waals surface area contributed by atoms with Gasteiger partial charge in [0, 0.05) is 12.1 Å². The molecule has 9 nitrogen and oxygen atoms in total. The highest BCUT2D eigenvalue weighted by atomic mass is 32.2. The van der Waals surface area contributed by atoms with Crippen LogP contribution in [0.3, 0.4) is 0 Å². The number of amides is 2. The summed E-state index contributed by atoms with van der Waals surface area (Å²) in [5.74, 6) is -3.21. The molecule has 0 spiro atoms. The minimum absolute atomic E-state index is 0.125. The van der Waals surface area contributed by atoms with Gasteiger partial charge in [0.1, 0.15) is 5.92 Å². The Morgan fingerprint density at radius 2 is 1.26 bits per heavy atom. The van der Waals surface area contributed by atoms with E-state index in [0.717, 1.165) is 16.5 Å². The molecular formula is C33H27N3O6S. The molecule has 0 aliphatic heterocycles. The first kappa shape index (κ1) is 29.2.